The normalized spacial score (nSPS) is 21.7. The van der Waals surface area contributed by atoms with E-state index in [1.165, 1.54) is 12.1 Å². The monoisotopic (exact) mass is 432 g/mol. The zero-order chi connectivity index (χ0) is 20.5. The lowest BCUT2D eigenvalue weighted by Crippen LogP contribution is -2.42. The lowest BCUT2D eigenvalue weighted by Gasteiger charge is -2.31. The molecule has 2 aromatic rings. The Balaban J connectivity index is 1.28. The van der Waals surface area contributed by atoms with Gasteiger partial charge in [-0.1, -0.05) is 29.3 Å². The number of halogens is 2. The molecule has 2 aliphatic rings. The van der Waals surface area contributed by atoms with Crippen LogP contribution in [0.3, 0.4) is 0 Å². The largest absolute Gasteiger partial charge is 0.508 e. The molecule has 1 aliphatic carbocycles. The zero-order valence-electron chi connectivity index (χ0n) is 15.8. The minimum atomic E-state index is -0.113. The van der Waals surface area contributed by atoms with Gasteiger partial charge in [0.05, 0.1) is 10.0 Å². The van der Waals surface area contributed by atoms with E-state index in [2.05, 4.69) is 5.32 Å². The molecular formula is C22H22Cl2N2O3. The van der Waals surface area contributed by atoms with E-state index >= 15 is 0 Å². The maximum Gasteiger partial charge on any atom is 0.227 e. The van der Waals surface area contributed by atoms with Crippen LogP contribution in [-0.2, 0) is 9.59 Å². The molecule has 2 N–H and O–H groups in total. The first-order valence-corrected chi connectivity index (χ1v) is 10.5. The van der Waals surface area contributed by atoms with Gasteiger partial charge < -0.3 is 15.3 Å². The van der Waals surface area contributed by atoms with Gasteiger partial charge in [-0.2, -0.15) is 0 Å². The molecule has 1 saturated heterocycles. The second kappa shape index (κ2) is 8.25. The predicted octanol–water partition coefficient (Wildman–Crippen LogP) is 4.68. The number of hydrogen-bond donors (Lipinski definition) is 2. The van der Waals surface area contributed by atoms with Crippen molar-refractivity contribution in [3.05, 3.63) is 58.1 Å². The fourth-order valence-corrected chi connectivity index (χ4v) is 4.27. The molecule has 2 fully saturated rings. The van der Waals surface area contributed by atoms with Crippen LogP contribution in [0.15, 0.2) is 42.5 Å². The first kappa shape index (κ1) is 20.0. The molecule has 0 unspecified atom stereocenters. The highest BCUT2D eigenvalue weighted by Crippen LogP contribution is 2.49. The van der Waals surface area contributed by atoms with Crippen molar-refractivity contribution in [2.45, 2.75) is 25.2 Å². The molecule has 1 saturated carbocycles. The van der Waals surface area contributed by atoms with E-state index in [9.17, 15) is 14.7 Å². The molecule has 0 radical (unpaired) electrons. The summed E-state index contributed by atoms with van der Waals surface area (Å²) in [6, 6.07) is 12.0. The van der Waals surface area contributed by atoms with Gasteiger partial charge in [0.2, 0.25) is 11.8 Å². The SMILES string of the molecule is O=C(Nc1ccc(O)cc1)C1CCN(C(=O)[C@@H]2C[C@@H]2c2ccc(Cl)c(Cl)c2)CC1. The molecule has 29 heavy (non-hydrogen) atoms. The second-order valence-electron chi connectivity index (χ2n) is 7.76. The van der Waals surface area contributed by atoms with Gasteiger partial charge in [-0.3, -0.25) is 9.59 Å². The van der Waals surface area contributed by atoms with Crippen molar-refractivity contribution in [2.24, 2.45) is 11.8 Å². The van der Waals surface area contributed by atoms with E-state index in [-0.39, 0.29) is 35.3 Å². The molecule has 0 aromatic heterocycles. The summed E-state index contributed by atoms with van der Waals surface area (Å²) < 4.78 is 0. The number of nitrogens with one attached hydrogen (secondary N) is 1. The highest BCUT2D eigenvalue weighted by Gasteiger charge is 2.46. The number of phenols is 1. The van der Waals surface area contributed by atoms with Crippen LogP contribution >= 0.6 is 23.2 Å². The standard InChI is InChI=1S/C22H22Cl2N2O3/c23-19-6-1-14(11-20(19)24)17-12-18(17)22(29)26-9-7-13(8-10-26)21(28)25-15-2-4-16(27)5-3-15/h1-6,11,13,17-18,27H,7-10,12H2,(H,25,28)/t17-,18-/m1/s1. The van der Waals surface area contributed by atoms with Crippen LogP contribution in [0.25, 0.3) is 0 Å². The van der Waals surface area contributed by atoms with Crippen molar-refractivity contribution >= 4 is 40.7 Å². The van der Waals surface area contributed by atoms with Crippen molar-refractivity contribution in [1.82, 2.24) is 4.90 Å². The summed E-state index contributed by atoms with van der Waals surface area (Å²) in [5, 5.41) is 13.2. The molecule has 152 valence electrons. The van der Waals surface area contributed by atoms with Gasteiger partial charge in [-0.15, -0.1) is 0 Å². The number of rotatable bonds is 4. The van der Waals surface area contributed by atoms with E-state index in [0.29, 0.717) is 41.7 Å². The van der Waals surface area contributed by atoms with Crippen molar-refractivity contribution in [1.29, 1.82) is 0 Å². The highest BCUT2D eigenvalue weighted by molar-refractivity contribution is 6.42. The molecule has 4 rings (SSSR count). The molecule has 1 aliphatic heterocycles. The Kier molecular flexibility index (Phi) is 5.70. The highest BCUT2D eigenvalue weighted by atomic mass is 35.5. The number of likely N-dealkylation sites (tertiary alicyclic amines) is 1. The maximum absolute atomic E-state index is 12.8. The number of nitrogens with zero attached hydrogens (tertiary/aromatic N) is 1. The van der Waals surface area contributed by atoms with Gasteiger partial charge in [-0.25, -0.2) is 0 Å². The number of hydrogen-bond acceptors (Lipinski definition) is 3. The van der Waals surface area contributed by atoms with Gasteiger partial charge >= 0.3 is 0 Å². The number of amides is 2. The van der Waals surface area contributed by atoms with Gasteiger partial charge in [0.15, 0.2) is 0 Å². The lowest BCUT2D eigenvalue weighted by molar-refractivity contribution is -0.135. The summed E-state index contributed by atoms with van der Waals surface area (Å²) in [5.41, 5.74) is 1.72. The van der Waals surface area contributed by atoms with Crippen LogP contribution in [0, 0.1) is 11.8 Å². The second-order valence-corrected chi connectivity index (χ2v) is 8.57. The van der Waals surface area contributed by atoms with Crippen LogP contribution in [-0.4, -0.2) is 34.9 Å². The number of benzene rings is 2. The summed E-state index contributed by atoms with van der Waals surface area (Å²) in [5.74, 6) is 0.371. The molecule has 2 amide bonds. The first-order chi connectivity index (χ1) is 13.9. The van der Waals surface area contributed by atoms with Gasteiger partial charge in [-0.05, 0) is 67.1 Å². The number of carbonyl (C=O) groups is 2. The van der Waals surface area contributed by atoms with Gasteiger partial charge in [0, 0.05) is 30.6 Å². The minimum Gasteiger partial charge on any atom is -0.508 e. The summed E-state index contributed by atoms with van der Waals surface area (Å²) in [6.45, 7) is 1.19. The molecule has 0 bridgehead atoms. The Morgan fingerprint density at radius 3 is 2.34 bits per heavy atom. The van der Waals surface area contributed by atoms with Crippen LogP contribution < -0.4 is 5.32 Å². The molecule has 7 heteroatoms. The van der Waals surface area contributed by atoms with Gasteiger partial charge in [0.25, 0.3) is 0 Å². The van der Waals surface area contributed by atoms with Crippen molar-refractivity contribution < 1.29 is 14.7 Å². The fraction of sp³-hybridized carbons (Fsp3) is 0.364. The molecular weight excluding hydrogens is 411 g/mol. The van der Waals surface area contributed by atoms with Crippen molar-refractivity contribution in [3.8, 4) is 5.75 Å². The summed E-state index contributed by atoms with van der Waals surface area (Å²) in [4.78, 5) is 27.2. The van der Waals surface area contributed by atoms with Gasteiger partial charge in [0.1, 0.15) is 5.75 Å². The quantitative estimate of drug-likeness (QED) is 0.688. The topological polar surface area (TPSA) is 69.6 Å². The van der Waals surface area contributed by atoms with Crippen LogP contribution in [0.2, 0.25) is 10.0 Å². The maximum atomic E-state index is 12.8. The first-order valence-electron chi connectivity index (χ1n) is 9.76. The summed E-state index contributed by atoms with van der Waals surface area (Å²) >= 11 is 12.1. The van der Waals surface area contributed by atoms with E-state index in [1.807, 2.05) is 17.0 Å². The van der Waals surface area contributed by atoms with Crippen LogP contribution in [0.1, 0.15) is 30.7 Å². The third-order valence-corrected chi connectivity index (χ3v) is 6.53. The summed E-state index contributed by atoms with van der Waals surface area (Å²) in [7, 11) is 0. The average Bonchev–Trinajstić information content (AvgIpc) is 3.52. The van der Waals surface area contributed by atoms with E-state index in [4.69, 9.17) is 23.2 Å². The third kappa shape index (κ3) is 4.51. The number of carbonyl (C=O) groups excluding carboxylic acids is 2. The number of piperidine rings is 1. The Morgan fingerprint density at radius 1 is 1.00 bits per heavy atom. The Morgan fingerprint density at radius 2 is 1.69 bits per heavy atom. The van der Waals surface area contributed by atoms with Crippen molar-refractivity contribution in [3.63, 3.8) is 0 Å². The number of anilines is 1. The lowest BCUT2D eigenvalue weighted by atomic mass is 9.95. The molecule has 5 nitrogen and oxygen atoms in total. The average molecular weight is 433 g/mol. The zero-order valence-corrected chi connectivity index (χ0v) is 17.3. The predicted molar refractivity (Wildman–Crippen MR) is 113 cm³/mol. The molecule has 2 atom stereocenters. The Bertz CT molecular complexity index is 924. The number of aromatic hydroxyl groups is 1. The Hall–Kier alpha value is -2.24. The Labute approximate surface area is 179 Å². The molecule has 1 heterocycles. The summed E-state index contributed by atoms with van der Waals surface area (Å²) in [6.07, 6.45) is 2.14. The van der Waals surface area contributed by atoms with E-state index < -0.39 is 0 Å². The number of phenolic OH excluding ortho intramolecular Hbond substituents is 1. The van der Waals surface area contributed by atoms with E-state index in [0.717, 1.165) is 12.0 Å². The molecule has 0 spiro atoms. The van der Waals surface area contributed by atoms with Crippen LogP contribution in [0.4, 0.5) is 5.69 Å². The third-order valence-electron chi connectivity index (χ3n) is 5.79. The smallest absolute Gasteiger partial charge is 0.227 e. The van der Waals surface area contributed by atoms with Crippen molar-refractivity contribution in [2.75, 3.05) is 18.4 Å². The fourth-order valence-electron chi connectivity index (χ4n) is 3.96. The van der Waals surface area contributed by atoms with E-state index in [1.54, 1.807) is 18.2 Å². The minimum absolute atomic E-state index is 0.00499. The molecule has 2 aromatic carbocycles. The van der Waals surface area contributed by atoms with Crippen LogP contribution in [0.5, 0.6) is 5.75 Å².